The number of nitrogens with zero attached hydrogens (tertiary/aromatic N) is 4. The zero-order valence-electron chi connectivity index (χ0n) is 12.9. The predicted molar refractivity (Wildman–Crippen MR) is 82.7 cm³/mol. The van der Waals surface area contributed by atoms with E-state index in [4.69, 9.17) is 0 Å². The molecule has 0 unspecified atom stereocenters. The third-order valence-electron chi connectivity index (χ3n) is 4.21. The summed E-state index contributed by atoms with van der Waals surface area (Å²) in [6.07, 6.45) is -0.390. The largest absolute Gasteiger partial charge is 0.586 e. The fourth-order valence-electron chi connectivity index (χ4n) is 3.13. The van der Waals surface area contributed by atoms with Gasteiger partial charge in [-0.1, -0.05) is 6.07 Å². The van der Waals surface area contributed by atoms with E-state index in [9.17, 15) is 8.78 Å². The molecule has 5 rings (SSSR count). The summed E-state index contributed by atoms with van der Waals surface area (Å²) in [4.78, 5) is 4.35. The van der Waals surface area contributed by atoms with Gasteiger partial charge in [0.2, 0.25) is 0 Å². The lowest BCUT2D eigenvalue weighted by atomic mass is 10.2. The third-order valence-corrected chi connectivity index (χ3v) is 4.21. The van der Waals surface area contributed by atoms with Crippen molar-refractivity contribution in [3.8, 4) is 28.7 Å². The van der Waals surface area contributed by atoms with Crippen LogP contribution in [-0.2, 0) is 13.1 Å². The Kier molecular flexibility index (Phi) is 2.90. The Labute approximate surface area is 140 Å². The molecule has 0 bridgehead atoms. The normalized spacial score (nSPS) is 17.5. The first-order valence-electron chi connectivity index (χ1n) is 7.81. The number of benzene rings is 1. The van der Waals surface area contributed by atoms with Crippen molar-refractivity contribution in [1.29, 1.82) is 0 Å². The molecular weight excluding hydrogens is 332 g/mol. The fourth-order valence-corrected chi connectivity index (χ4v) is 3.13. The average Bonchev–Trinajstić information content (AvgIpc) is 3.28. The first-order chi connectivity index (χ1) is 12.1. The van der Waals surface area contributed by atoms with Gasteiger partial charge >= 0.3 is 6.29 Å². The van der Waals surface area contributed by atoms with E-state index in [0.717, 1.165) is 25.3 Å². The van der Waals surface area contributed by atoms with Gasteiger partial charge in [-0.05, 0) is 18.2 Å². The minimum atomic E-state index is -3.67. The first kappa shape index (κ1) is 14.4. The number of hydrogen-bond acceptors (Lipinski definition) is 5. The molecule has 0 radical (unpaired) electrons. The van der Waals surface area contributed by atoms with Crippen molar-refractivity contribution in [1.82, 2.24) is 24.6 Å². The molecule has 0 amide bonds. The number of halogens is 2. The van der Waals surface area contributed by atoms with Crippen molar-refractivity contribution >= 4 is 0 Å². The number of para-hydroxylation sites is 1. The number of rotatable bonds is 2. The summed E-state index contributed by atoms with van der Waals surface area (Å²) in [5.74, 6) is 0.530. The van der Waals surface area contributed by atoms with Crippen LogP contribution >= 0.6 is 0 Å². The van der Waals surface area contributed by atoms with Gasteiger partial charge in [0.05, 0.1) is 17.9 Å². The Morgan fingerprint density at radius 2 is 2.16 bits per heavy atom. The van der Waals surface area contributed by atoms with Crippen molar-refractivity contribution < 1.29 is 18.3 Å². The van der Waals surface area contributed by atoms with Crippen LogP contribution in [0.4, 0.5) is 8.78 Å². The Hall–Kier alpha value is -2.94. The second-order valence-electron chi connectivity index (χ2n) is 5.81. The van der Waals surface area contributed by atoms with Crippen molar-refractivity contribution in [2.45, 2.75) is 19.4 Å². The number of fused-ring (bicyclic) bond motifs is 2. The summed E-state index contributed by atoms with van der Waals surface area (Å²) >= 11 is 0. The van der Waals surface area contributed by atoms with E-state index < -0.39 is 6.29 Å². The zero-order chi connectivity index (χ0) is 17.0. The van der Waals surface area contributed by atoms with Crippen LogP contribution in [0.3, 0.4) is 0 Å². The van der Waals surface area contributed by atoms with E-state index in [-0.39, 0.29) is 11.5 Å². The van der Waals surface area contributed by atoms with Gasteiger partial charge in [-0.15, -0.1) is 8.78 Å². The lowest BCUT2D eigenvalue weighted by Crippen LogP contribution is -2.28. The molecule has 0 spiro atoms. The maximum Gasteiger partial charge on any atom is 0.586 e. The predicted octanol–water partition coefficient (Wildman–Crippen LogP) is 2.16. The standard InChI is InChI=1S/C16H13F2N5O2/c17-16(18)24-13-3-1-2-12(14(13)25-16)22-6-5-20-15(22)11-8-10-9-19-4-7-23(10)21-11/h1-3,5-6,8,19H,4,7,9H2. The lowest BCUT2D eigenvalue weighted by Gasteiger charge is -2.13. The van der Waals surface area contributed by atoms with Gasteiger partial charge in [0, 0.05) is 25.5 Å². The fraction of sp³-hybridized carbons (Fsp3) is 0.250. The molecule has 0 atom stereocenters. The second kappa shape index (κ2) is 5.03. The van der Waals surface area contributed by atoms with Crippen molar-refractivity contribution in [3.05, 3.63) is 42.4 Å². The van der Waals surface area contributed by atoms with Gasteiger partial charge in [-0.3, -0.25) is 9.25 Å². The van der Waals surface area contributed by atoms with Crippen LogP contribution in [0.25, 0.3) is 17.2 Å². The smallest absolute Gasteiger partial charge is 0.395 e. The van der Waals surface area contributed by atoms with Crippen LogP contribution in [0.2, 0.25) is 0 Å². The van der Waals surface area contributed by atoms with Crippen LogP contribution in [0.5, 0.6) is 11.5 Å². The molecule has 0 aliphatic carbocycles. The monoisotopic (exact) mass is 345 g/mol. The highest BCUT2D eigenvalue weighted by Gasteiger charge is 2.45. The van der Waals surface area contributed by atoms with E-state index in [1.54, 1.807) is 29.1 Å². The number of ether oxygens (including phenoxy) is 2. The van der Waals surface area contributed by atoms with E-state index in [1.165, 1.54) is 6.07 Å². The molecule has 0 saturated heterocycles. The summed E-state index contributed by atoms with van der Waals surface area (Å²) in [5, 5.41) is 7.86. The van der Waals surface area contributed by atoms with E-state index >= 15 is 0 Å². The molecule has 1 N–H and O–H groups in total. The molecule has 0 fully saturated rings. The summed E-state index contributed by atoms with van der Waals surface area (Å²) < 4.78 is 39.7. The summed E-state index contributed by atoms with van der Waals surface area (Å²) in [6, 6.07) is 6.69. The molecule has 4 heterocycles. The van der Waals surface area contributed by atoms with Crippen LogP contribution in [-0.4, -0.2) is 32.2 Å². The zero-order valence-corrected chi connectivity index (χ0v) is 12.9. The molecule has 2 aromatic heterocycles. The number of hydrogen-bond donors (Lipinski definition) is 1. The molecule has 25 heavy (non-hydrogen) atoms. The summed E-state index contributed by atoms with van der Waals surface area (Å²) in [7, 11) is 0. The summed E-state index contributed by atoms with van der Waals surface area (Å²) in [5.41, 5.74) is 2.15. The van der Waals surface area contributed by atoms with Crippen LogP contribution in [0.1, 0.15) is 5.69 Å². The maximum atomic E-state index is 13.4. The van der Waals surface area contributed by atoms with Gasteiger partial charge in [-0.25, -0.2) is 4.98 Å². The Morgan fingerprint density at radius 3 is 3.04 bits per heavy atom. The Morgan fingerprint density at radius 1 is 1.24 bits per heavy atom. The number of imidazole rings is 1. The van der Waals surface area contributed by atoms with Gasteiger partial charge in [0.15, 0.2) is 17.3 Å². The van der Waals surface area contributed by atoms with Gasteiger partial charge in [-0.2, -0.15) is 5.10 Å². The molecular formula is C16H13F2N5O2. The van der Waals surface area contributed by atoms with Gasteiger partial charge in [0.25, 0.3) is 0 Å². The average molecular weight is 345 g/mol. The Balaban J connectivity index is 1.61. The van der Waals surface area contributed by atoms with Gasteiger partial charge in [0.1, 0.15) is 5.69 Å². The summed E-state index contributed by atoms with van der Waals surface area (Å²) in [6.45, 7) is 2.37. The first-order valence-corrected chi connectivity index (χ1v) is 7.81. The Bertz CT molecular complexity index is 942. The number of alkyl halides is 2. The topological polar surface area (TPSA) is 66.1 Å². The minimum absolute atomic E-state index is 0.00418. The highest BCUT2D eigenvalue weighted by atomic mass is 19.3. The molecule has 7 nitrogen and oxygen atoms in total. The lowest BCUT2D eigenvalue weighted by molar-refractivity contribution is -0.286. The van der Waals surface area contributed by atoms with Gasteiger partial charge < -0.3 is 14.8 Å². The molecule has 0 saturated carbocycles. The number of aromatic nitrogens is 4. The molecule has 2 aliphatic rings. The van der Waals surface area contributed by atoms with Crippen LogP contribution in [0.15, 0.2) is 36.7 Å². The number of nitrogens with one attached hydrogen (secondary N) is 1. The van der Waals surface area contributed by atoms with Crippen LogP contribution < -0.4 is 14.8 Å². The highest BCUT2D eigenvalue weighted by molar-refractivity contribution is 5.62. The minimum Gasteiger partial charge on any atom is -0.395 e. The molecule has 2 aliphatic heterocycles. The molecule has 3 aromatic rings. The molecule has 1 aromatic carbocycles. The molecule has 9 heteroatoms. The molecule has 128 valence electrons. The second-order valence-corrected chi connectivity index (χ2v) is 5.81. The maximum absolute atomic E-state index is 13.4. The van der Waals surface area contributed by atoms with Crippen molar-refractivity contribution in [3.63, 3.8) is 0 Å². The highest BCUT2D eigenvalue weighted by Crippen LogP contribution is 2.45. The van der Waals surface area contributed by atoms with Crippen molar-refractivity contribution in [2.24, 2.45) is 0 Å². The SMILES string of the molecule is FC1(F)Oc2cccc(-n3ccnc3-c3cc4n(n3)CCNC4)c2O1. The van der Waals surface area contributed by atoms with Crippen LogP contribution in [0, 0.1) is 0 Å². The van der Waals surface area contributed by atoms with E-state index in [2.05, 4.69) is 24.9 Å². The quantitative estimate of drug-likeness (QED) is 0.771. The van der Waals surface area contributed by atoms with E-state index in [0.29, 0.717) is 17.2 Å². The van der Waals surface area contributed by atoms with E-state index in [1.807, 2.05) is 10.7 Å². The van der Waals surface area contributed by atoms with Crippen molar-refractivity contribution in [2.75, 3.05) is 6.54 Å². The third kappa shape index (κ3) is 2.27.